The van der Waals surface area contributed by atoms with Crippen molar-refractivity contribution < 1.29 is 4.79 Å². The molecule has 0 aliphatic carbocycles. The lowest BCUT2D eigenvalue weighted by Gasteiger charge is -2.40. The van der Waals surface area contributed by atoms with Crippen molar-refractivity contribution in [3.63, 3.8) is 0 Å². The van der Waals surface area contributed by atoms with Gasteiger partial charge >= 0.3 is 0 Å². The van der Waals surface area contributed by atoms with Crippen LogP contribution in [-0.2, 0) is 4.79 Å². The number of carbonyl (C=O) groups excluding carboxylic acids is 1. The normalized spacial score (nSPS) is 22.6. The van der Waals surface area contributed by atoms with E-state index < -0.39 is 0 Å². The summed E-state index contributed by atoms with van der Waals surface area (Å²) in [4.78, 5) is 15.0. The zero-order chi connectivity index (χ0) is 15.5. The molecular weight excluding hydrogens is 248 g/mol. The van der Waals surface area contributed by atoms with Crippen LogP contribution in [0, 0.1) is 5.41 Å². The average molecular weight is 280 g/mol. The van der Waals surface area contributed by atoms with Gasteiger partial charge in [-0.3, -0.25) is 9.69 Å². The van der Waals surface area contributed by atoms with Crippen molar-refractivity contribution in [2.45, 2.75) is 78.9 Å². The summed E-state index contributed by atoms with van der Waals surface area (Å²) in [5.41, 5.74) is 1.02. The van der Waals surface area contributed by atoms with Crippen LogP contribution in [0.5, 0.6) is 0 Å². The highest BCUT2D eigenvalue weighted by Crippen LogP contribution is 2.26. The Bertz CT molecular complexity index is 354. The molecule has 3 nitrogen and oxygen atoms in total. The molecule has 3 heteroatoms. The van der Waals surface area contributed by atoms with Crippen molar-refractivity contribution in [3.8, 4) is 0 Å². The standard InChI is InChI=1S/C17H32N2O/c1-12(2)15(17(5,6)7)18-16(20)14-10-8-9-11-19(14)13(3)4/h13-15H,1,8-11H2,2-7H3,(H,18,20). The van der Waals surface area contributed by atoms with E-state index in [1.165, 1.54) is 6.42 Å². The van der Waals surface area contributed by atoms with E-state index in [0.717, 1.165) is 25.0 Å². The predicted molar refractivity (Wildman–Crippen MR) is 85.7 cm³/mol. The first-order chi connectivity index (χ1) is 9.14. The lowest BCUT2D eigenvalue weighted by Crippen LogP contribution is -2.55. The molecule has 0 spiro atoms. The molecule has 1 amide bonds. The van der Waals surface area contributed by atoms with Crippen LogP contribution in [0.25, 0.3) is 0 Å². The molecule has 2 atom stereocenters. The summed E-state index contributed by atoms with van der Waals surface area (Å²) in [7, 11) is 0. The third kappa shape index (κ3) is 4.34. The zero-order valence-corrected chi connectivity index (χ0v) is 14.1. The van der Waals surface area contributed by atoms with Crippen molar-refractivity contribution in [1.82, 2.24) is 10.2 Å². The Kier molecular flexibility index (Phi) is 5.81. The SMILES string of the molecule is C=C(C)C(NC(=O)C1CCCCN1C(C)C)C(C)(C)C. The van der Waals surface area contributed by atoms with E-state index in [1.54, 1.807) is 0 Å². The number of nitrogens with one attached hydrogen (secondary N) is 1. The highest BCUT2D eigenvalue weighted by molar-refractivity contribution is 5.82. The molecule has 1 saturated heterocycles. The first-order valence-electron chi connectivity index (χ1n) is 7.86. The van der Waals surface area contributed by atoms with Gasteiger partial charge in [-0.15, -0.1) is 0 Å². The van der Waals surface area contributed by atoms with Gasteiger partial charge in [0.05, 0.1) is 12.1 Å². The van der Waals surface area contributed by atoms with Crippen molar-refractivity contribution in [2.75, 3.05) is 6.54 Å². The van der Waals surface area contributed by atoms with Gasteiger partial charge in [0.15, 0.2) is 0 Å². The highest BCUT2D eigenvalue weighted by Gasteiger charge is 2.34. The van der Waals surface area contributed by atoms with Gasteiger partial charge in [0.1, 0.15) is 0 Å². The van der Waals surface area contributed by atoms with Crippen molar-refractivity contribution in [2.24, 2.45) is 5.41 Å². The number of likely N-dealkylation sites (tertiary alicyclic amines) is 1. The molecule has 0 saturated carbocycles. The summed E-state index contributed by atoms with van der Waals surface area (Å²) < 4.78 is 0. The molecule has 20 heavy (non-hydrogen) atoms. The van der Waals surface area contributed by atoms with Crippen LogP contribution >= 0.6 is 0 Å². The van der Waals surface area contributed by atoms with E-state index in [9.17, 15) is 4.79 Å². The summed E-state index contributed by atoms with van der Waals surface area (Å²) in [6, 6.07) is 0.475. The quantitative estimate of drug-likeness (QED) is 0.801. The van der Waals surface area contributed by atoms with Crippen molar-refractivity contribution >= 4 is 5.91 Å². The van der Waals surface area contributed by atoms with Crippen LogP contribution in [0.15, 0.2) is 12.2 Å². The molecule has 1 heterocycles. The maximum absolute atomic E-state index is 12.7. The Hall–Kier alpha value is -0.830. The topological polar surface area (TPSA) is 32.3 Å². The second kappa shape index (κ2) is 6.75. The van der Waals surface area contributed by atoms with E-state index in [0.29, 0.717) is 6.04 Å². The molecule has 2 unspecified atom stereocenters. The molecule has 1 aliphatic heterocycles. The lowest BCUT2D eigenvalue weighted by molar-refractivity contribution is -0.129. The fraction of sp³-hybridized carbons (Fsp3) is 0.824. The van der Waals surface area contributed by atoms with Crippen LogP contribution in [-0.4, -0.2) is 35.5 Å². The van der Waals surface area contributed by atoms with Gasteiger partial charge in [0.25, 0.3) is 0 Å². The Morgan fingerprint density at radius 1 is 1.30 bits per heavy atom. The summed E-state index contributed by atoms with van der Waals surface area (Å²) in [6.07, 6.45) is 3.32. The molecule has 0 aromatic heterocycles. The molecule has 0 aromatic rings. The number of carbonyl (C=O) groups is 1. The minimum atomic E-state index is -0.00117. The first-order valence-corrected chi connectivity index (χ1v) is 7.86. The summed E-state index contributed by atoms with van der Waals surface area (Å²) >= 11 is 0. The number of rotatable bonds is 4. The largest absolute Gasteiger partial charge is 0.348 e. The number of hydrogen-bond acceptors (Lipinski definition) is 2. The molecule has 0 aromatic carbocycles. The first kappa shape index (κ1) is 17.2. The van der Waals surface area contributed by atoms with Crippen molar-refractivity contribution in [1.29, 1.82) is 0 Å². The number of piperidine rings is 1. The summed E-state index contributed by atoms with van der Waals surface area (Å²) in [6.45, 7) is 17.9. The van der Waals surface area contributed by atoms with Gasteiger partial charge in [0, 0.05) is 6.04 Å². The van der Waals surface area contributed by atoms with Gasteiger partial charge in [0.2, 0.25) is 5.91 Å². The second-order valence-corrected chi connectivity index (χ2v) is 7.50. The smallest absolute Gasteiger partial charge is 0.237 e. The van der Waals surface area contributed by atoms with E-state index >= 15 is 0 Å². The fourth-order valence-corrected chi connectivity index (χ4v) is 3.17. The van der Waals surface area contributed by atoms with Gasteiger partial charge in [-0.1, -0.05) is 39.3 Å². The summed E-state index contributed by atoms with van der Waals surface area (Å²) in [5, 5.41) is 3.23. The van der Waals surface area contributed by atoms with Gasteiger partial charge in [-0.2, -0.15) is 0 Å². The van der Waals surface area contributed by atoms with Crippen molar-refractivity contribution in [3.05, 3.63) is 12.2 Å². The average Bonchev–Trinajstić information content (AvgIpc) is 2.33. The summed E-state index contributed by atoms with van der Waals surface area (Å²) in [5.74, 6) is 0.168. The van der Waals surface area contributed by atoms with Crippen LogP contribution in [0.3, 0.4) is 0 Å². The van der Waals surface area contributed by atoms with Gasteiger partial charge in [-0.05, 0) is 45.6 Å². The maximum Gasteiger partial charge on any atom is 0.237 e. The molecule has 1 aliphatic rings. The van der Waals surface area contributed by atoms with Gasteiger partial charge in [-0.25, -0.2) is 0 Å². The molecular formula is C17H32N2O. The van der Waals surface area contributed by atoms with Crippen LogP contribution in [0.1, 0.15) is 60.8 Å². The number of nitrogens with zero attached hydrogens (tertiary/aromatic N) is 1. The molecule has 0 radical (unpaired) electrons. The fourth-order valence-electron chi connectivity index (χ4n) is 3.17. The monoisotopic (exact) mass is 280 g/mol. The molecule has 1 rings (SSSR count). The Labute approximate surface area is 124 Å². The molecule has 0 bridgehead atoms. The maximum atomic E-state index is 12.7. The van der Waals surface area contributed by atoms with E-state index in [1.807, 2.05) is 6.92 Å². The Balaban J connectivity index is 2.79. The highest BCUT2D eigenvalue weighted by atomic mass is 16.2. The predicted octanol–water partition coefficient (Wildman–Crippen LogP) is 3.36. The van der Waals surface area contributed by atoms with E-state index in [-0.39, 0.29) is 23.4 Å². The zero-order valence-electron chi connectivity index (χ0n) is 14.1. The molecule has 1 fully saturated rings. The Morgan fingerprint density at radius 3 is 2.35 bits per heavy atom. The van der Waals surface area contributed by atoms with Crippen LogP contribution < -0.4 is 5.32 Å². The second-order valence-electron chi connectivity index (χ2n) is 7.50. The minimum absolute atomic E-state index is 0.00117. The molecule has 116 valence electrons. The third-order valence-corrected chi connectivity index (χ3v) is 4.16. The van der Waals surface area contributed by atoms with E-state index in [2.05, 4.69) is 51.4 Å². The lowest BCUT2D eigenvalue weighted by atomic mass is 9.82. The Morgan fingerprint density at radius 2 is 1.90 bits per heavy atom. The molecule has 1 N–H and O–H groups in total. The van der Waals surface area contributed by atoms with Gasteiger partial charge < -0.3 is 5.32 Å². The number of hydrogen-bond donors (Lipinski definition) is 1. The minimum Gasteiger partial charge on any atom is -0.348 e. The third-order valence-electron chi connectivity index (χ3n) is 4.16. The number of amides is 1. The van der Waals surface area contributed by atoms with E-state index in [4.69, 9.17) is 0 Å². The van der Waals surface area contributed by atoms with Crippen LogP contribution in [0.2, 0.25) is 0 Å². The van der Waals surface area contributed by atoms with Crippen LogP contribution in [0.4, 0.5) is 0 Å².